The van der Waals surface area contributed by atoms with E-state index in [1.807, 2.05) is 0 Å². The number of anilines is 2. The lowest BCUT2D eigenvalue weighted by Gasteiger charge is -2.36. The molecule has 204 valence electrons. The quantitative estimate of drug-likeness (QED) is 0.518. The zero-order valence-corrected chi connectivity index (χ0v) is 22.0. The lowest BCUT2D eigenvalue weighted by atomic mass is 9.93. The predicted molar refractivity (Wildman–Crippen MR) is 140 cm³/mol. The molecule has 1 aliphatic heterocycles. The Morgan fingerprint density at radius 1 is 1.11 bits per heavy atom. The van der Waals surface area contributed by atoms with Crippen molar-refractivity contribution in [2.75, 3.05) is 35.7 Å². The van der Waals surface area contributed by atoms with Gasteiger partial charge in [-0.25, -0.2) is 5.10 Å². The summed E-state index contributed by atoms with van der Waals surface area (Å²) in [6, 6.07) is 6.80. The van der Waals surface area contributed by atoms with Crippen molar-refractivity contribution in [2.24, 2.45) is 0 Å². The van der Waals surface area contributed by atoms with Gasteiger partial charge in [0.1, 0.15) is 5.02 Å². The summed E-state index contributed by atoms with van der Waals surface area (Å²) in [6.07, 6.45) is 5.68. The summed E-state index contributed by atoms with van der Waals surface area (Å²) in [6.45, 7) is 1.43. The summed E-state index contributed by atoms with van der Waals surface area (Å²) in [5.41, 5.74) is 0.406. The van der Waals surface area contributed by atoms with E-state index in [0.717, 1.165) is 5.69 Å². The molecule has 2 aliphatic carbocycles. The summed E-state index contributed by atoms with van der Waals surface area (Å²) < 4.78 is 54.8. The van der Waals surface area contributed by atoms with Crippen molar-refractivity contribution in [3.63, 3.8) is 0 Å². The molecule has 3 fully saturated rings. The highest BCUT2D eigenvalue weighted by Crippen LogP contribution is 2.39. The molecule has 7 nitrogen and oxygen atoms in total. The van der Waals surface area contributed by atoms with Gasteiger partial charge in [0.25, 0.3) is 5.56 Å². The Morgan fingerprint density at radius 3 is 2.41 bits per heavy atom. The van der Waals surface area contributed by atoms with Gasteiger partial charge in [0.05, 0.1) is 35.9 Å². The first-order valence-corrected chi connectivity index (χ1v) is 14.4. The SMILES string of the molecule is FC(F)(F)c1ccc(N(C2CCCCC2)C2CC2)cc1.O=c1[nH]ncc(NCC2COCCS2=O)c1Cl. The van der Waals surface area contributed by atoms with Crippen LogP contribution in [0.5, 0.6) is 0 Å². The second kappa shape index (κ2) is 12.6. The molecule has 2 atom stereocenters. The average Bonchev–Trinajstić information content (AvgIpc) is 3.72. The molecule has 0 bridgehead atoms. The Balaban J connectivity index is 0.000000176. The predicted octanol–water partition coefficient (Wildman–Crippen LogP) is 4.99. The first-order valence-electron chi connectivity index (χ1n) is 12.6. The van der Waals surface area contributed by atoms with E-state index >= 15 is 0 Å². The summed E-state index contributed by atoms with van der Waals surface area (Å²) in [4.78, 5) is 13.6. The van der Waals surface area contributed by atoms with Crippen LogP contribution in [0.1, 0.15) is 50.5 Å². The highest BCUT2D eigenvalue weighted by atomic mass is 35.5. The minimum atomic E-state index is -4.24. The van der Waals surface area contributed by atoms with E-state index in [1.54, 1.807) is 12.1 Å². The molecule has 2 saturated carbocycles. The first kappa shape index (κ1) is 27.9. The van der Waals surface area contributed by atoms with Gasteiger partial charge < -0.3 is 15.0 Å². The number of hydrogen-bond donors (Lipinski definition) is 2. The summed E-state index contributed by atoms with van der Waals surface area (Å²) in [5.74, 6) is 0.549. The third-order valence-corrected chi connectivity index (χ3v) is 8.81. The Hall–Kier alpha value is -2.11. The van der Waals surface area contributed by atoms with Gasteiger partial charge in [-0.3, -0.25) is 9.00 Å². The third-order valence-electron chi connectivity index (χ3n) is 6.82. The summed E-state index contributed by atoms with van der Waals surface area (Å²) in [7, 11) is -0.901. The number of H-pyrrole nitrogens is 1. The van der Waals surface area contributed by atoms with Crippen LogP contribution in [0.15, 0.2) is 35.3 Å². The number of nitrogens with zero attached hydrogens (tertiary/aromatic N) is 2. The molecule has 2 heterocycles. The number of halogens is 4. The molecule has 0 amide bonds. The van der Waals surface area contributed by atoms with E-state index in [4.69, 9.17) is 16.3 Å². The zero-order chi connectivity index (χ0) is 26.4. The number of hydrogen-bond acceptors (Lipinski definition) is 6. The fourth-order valence-electron chi connectivity index (χ4n) is 4.74. The van der Waals surface area contributed by atoms with Gasteiger partial charge in [0.2, 0.25) is 0 Å². The van der Waals surface area contributed by atoms with Crippen LogP contribution in [0, 0.1) is 0 Å². The number of rotatable bonds is 6. The fraction of sp³-hybridized carbons (Fsp3) is 0.600. The van der Waals surface area contributed by atoms with Crippen LogP contribution in [0.25, 0.3) is 0 Å². The molecule has 2 N–H and O–H groups in total. The molecule has 2 aromatic rings. The summed E-state index contributed by atoms with van der Waals surface area (Å²) in [5, 5.41) is 8.80. The third kappa shape index (κ3) is 7.70. The maximum Gasteiger partial charge on any atom is 0.416 e. The van der Waals surface area contributed by atoms with E-state index in [9.17, 15) is 22.2 Å². The molecular formula is C25H32ClF3N4O3S. The standard InChI is InChI=1S/C16H20F3N.C9H12ClN3O3S/c17-16(18,19)12-6-8-14(9-7-12)20(15-10-11-15)13-4-2-1-3-5-13;10-8-7(4-12-13-9(8)14)11-3-6-5-16-1-2-17(6)15/h6-9,13,15H,1-5,10-11H2;4,6H,1-3,5H2,(H2,11,13,14). The maximum atomic E-state index is 12.6. The van der Waals surface area contributed by atoms with Crippen molar-refractivity contribution in [3.05, 3.63) is 51.4 Å². The molecule has 0 radical (unpaired) electrons. The van der Waals surface area contributed by atoms with E-state index in [2.05, 4.69) is 20.4 Å². The lowest BCUT2D eigenvalue weighted by molar-refractivity contribution is -0.137. The normalized spacial score (nSPS) is 22.6. The molecule has 0 spiro atoms. The van der Waals surface area contributed by atoms with Crippen LogP contribution in [-0.4, -0.2) is 57.3 Å². The van der Waals surface area contributed by atoms with Gasteiger partial charge in [-0.2, -0.15) is 18.3 Å². The molecule has 5 rings (SSSR count). The Kier molecular flexibility index (Phi) is 9.52. The van der Waals surface area contributed by atoms with E-state index in [1.165, 1.54) is 63.3 Å². The minimum Gasteiger partial charge on any atom is -0.381 e. The van der Waals surface area contributed by atoms with Crippen LogP contribution >= 0.6 is 11.6 Å². The Morgan fingerprint density at radius 2 is 1.78 bits per heavy atom. The van der Waals surface area contributed by atoms with Gasteiger partial charge in [-0.05, 0) is 49.9 Å². The smallest absolute Gasteiger partial charge is 0.381 e. The lowest BCUT2D eigenvalue weighted by Crippen LogP contribution is -2.38. The van der Waals surface area contributed by atoms with E-state index in [-0.39, 0.29) is 10.3 Å². The highest BCUT2D eigenvalue weighted by molar-refractivity contribution is 7.85. The van der Waals surface area contributed by atoms with Gasteiger partial charge in [-0.15, -0.1) is 0 Å². The molecule has 37 heavy (non-hydrogen) atoms. The Labute approximate surface area is 221 Å². The number of ether oxygens (including phenoxy) is 1. The Bertz CT molecular complexity index is 1110. The van der Waals surface area contributed by atoms with E-state index < -0.39 is 28.1 Å². The first-order chi connectivity index (χ1) is 17.7. The molecule has 12 heteroatoms. The zero-order valence-electron chi connectivity index (χ0n) is 20.4. The van der Waals surface area contributed by atoms with Crippen LogP contribution in [0.2, 0.25) is 5.02 Å². The molecule has 1 aromatic heterocycles. The average molecular weight is 561 g/mol. The van der Waals surface area contributed by atoms with Crippen LogP contribution in [-0.2, 0) is 21.7 Å². The number of nitrogens with one attached hydrogen (secondary N) is 2. The van der Waals surface area contributed by atoms with Gasteiger partial charge >= 0.3 is 6.18 Å². The maximum absolute atomic E-state index is 12.6. The van der Waals surface area contributed by atoms with Crippen molar-refractivity contribution < 1.29 is 22.1 Å². The largest absolute Gasteiger partial charge is 0.416 e. The minimum absolute atomic E-state index is 0.0579. The second-order valence-corrected chi connectivity index (χ2v) is 11.8. The molecular weight excluding hydrogens is 529 g/mol. The van der Waals surface area contributed by atoms with Gasteiger partial charge in [0.15, 0.2) is 0 Å². The van der Waals surface area contributed by atoms with E-state index in [0.29, 0.717) is 43.3 Å². The molecule has 1 aromatic carbocycles. The monoisotopic (exact) mass is 560 g/mol. The topological polar surface area (TPSA) is 87.3 Å². The number of aromatic amines is 1. The van der Waals surface area contributed by atoms with Crippen molar-refractivity contribution in [2.45, 2.75) is 68.5 Å². The summed E-state index contributed by atoms with van der Waals surface area (Å²) >= 11 is 5.79. The number of benzene rings is 1. The second-order valence-electron chi connectivity index (χ2n) is 9.56. The van der Waals surface area contributed by atoms with Crippen LogP contribution < -0.4 is 15.8 Å². The van der Waals surface area contributed by atoms with Crippen molar-refractivity contribution in [1.82, 2.24) is 10.2 Å². The molecule has 3 aliphatic rings. The van der Waals surface area contributed by atoms with Crippen molar-refractivity contribution >= 4 is 33.8 Å². The van der Waals surface area contributed by atoms with Crippen LogP contribution in [0.4, 0.5) is 24.5 Å². The number of aromatic nitrogens is 2. The fourth-order valence-corrected chi connectivity index (χ4v) is 6.03. The molecule has 2 unspecified atom stereocenters. The highest BCUT2D eigenvalue weighted by Gasteiger charge is 2.35. The number of alkyl halides is 3. The molecule has 1 saturated heterocycles. The van der Waals surface area contributed by atoms with Crippen LogP contribution in [0.3, 0.4) is 0 Å². The van der Waals surface area contributed by atoms with Crippen molar-refractivity contribution in [1.29, 1.82) is 0 Å². The van der Waals surface area contributed by atoms with Crippen molar-refractivity contribution in [3.8, 4) is 0 Å². The van der Waals surface area contributed by atoms with Gasteiger partial charge in [-0.1, -0.05) is 30.9 Å². The van der Waals surface area contributed by atoms with Gasteiger partial charge in [0, 0.05) is 40.9 Å².